The van der Waals surface area contributed by atoms with Gasteiger partial charge < -0.3 is 5.32 Å². The molecule has 0 aliphatic heterocycles. The molecule has 0 saturated heterocycles. The van der Waals surface area contributed by atoms with Gasteiger partial charge in [-0.15, -0.1) is 0 Å². The number of halogens is 2. The van der Waals surface area contributed by atoms with Gasteiger partial charge in [0, 0.05) is 5.69 Å². The first-order valence-electron chi connectivity index (χ1n) is 8.21. The van der Waals surface area contributed by atoms with Crippen molar-refractivity contribution in [2.24, 2.45) is 0 Å². The van der Waals surface area contributed by atoms with Gasteiger partial charge in [0.15, 0.2) is 0 Å². The highest BCUT2D eigenvalue weighted by molar-refractivity contribution is 7.92. The molecular formula is C20H16ClFN2O3S. The van der Waals surface area contributed by atoms with Crippen LogP contribution < -0.4 is 10.0 Å². The number of nitrogens with one attached hydrogen (secondary N) is 2. The SMILES string of the molecule is Cc1cccc(NS(=O)(=O)c2ccc(Cl)c(C(=O)Nc3ccccc3F)c2)c1. The Bertz CT molecular complexity index is 1150. The largest absolute Gasteiger partial charge is 0.319 e. The Hall–Kier alpha value is -2.90. The lowest BCUT2D eigenvalue weighted by molar-refractivity contribution is 0.102. The van der Waals surface area contributed by atoms with Crippen LogP contribution in [0.25, 0.3) is 0 Å². The number of para-hydroxylation sites is 1. The van der Waals surface area contributed by atoms with E-state index in [4.69, 9.17) is 11.6 Å². The molecule has 0 unspecified atom stereocenters. The van der Waals surface area contributed by atoms with E-state index in [2.05, 4.69) is 10.0 Å². The van der Waals surface area contributed by atoms with Crippen molar-refractivity contribution in [1.29, 1.82) is 0 Å². The summed E-state index contributed by atoms with van der Waals surface area (Å²) in [6.07, 6.45) is 0. The summed E-state index contributed by atoms with van der Waals surface area (Å²) >= 11 is 6.06. The lowest BCUT2D eigenvalue weighted by Gasteiger charge is -2.12. The lowest BCUT2D eigenvalue weighted by Crippen LogP contribution is -2.17. The summed E-state index contributed by atoms with van der Waals surface area (Å²) in [5.74, 6) is -1.33. The number of rotatable bonds is 5. The third-order valence-corrected chi connectivity index (χ3v) is 5.59. The second-order valence-corrected chi connectivity index (χ2v) is 8.14. The van der Waals surface area contributed by atoms with Gasteiger partial charge in [0.1, 0.15) is 5.82 Å². The van der Waals surface area contributed by atoms with E-state index in [9.17, 15) is 17.6 Å². The van der Waals surface area contributed by atoms with E-state index in [1.165, 1.54) is 30.3 Å². The fraction of sp³-hybridized carbons (Fsp3) is 0.0500. The summed E-state index contributed by atoms with van der Waals surface area (Å²) in [4.78, 5) is 12.4. The number of amides is 1. The molecule has 3 rings (SSSR count). The predicted molar refractivity (Wildman–Crippen MR) is 108 cm³/mol. The van der Waals surface area contributed by atoms with Crippen molar-refractivity contribution in [3.05, 3.63) is 88.7 Å². The van der Waals surface area contributed by atoms with E-state index in [1.807, 2.05) is 13.0 Å². The lowest BCUT2D eigenvalue weighted by atomic mass is 10.2. The van der Waals surface area contributed by atoms with Crippen molar-refractivity contribution >= 4 is 38.9 Å². The third kappa shape index (κ3) is 4.49. The highest BCUT2D eigenvalue weighted by Gasteiger charge is 2.19. The van der Waals surface area contributed by atoms with Crippen LogP contribution in [-0.4, -0.2) is 14.3 Å². The fourth-order valence-electron chi connectivity index (χ4n) is 2.52. The smallest absolute Gasteiger partial charge is 0.261 e. The maximum Gasteiger partial charge on any atom is 0.261 e. The Morgan fingerprint density at radius 2 is 1.75 bits per heavy atom. The monoisotopic (exact) mass is 418 g/mol. The van der Waals surface area contributed by atoms with E-state index in [1.54, 1.807) is 24.3 Å². The molecule has 0 atom stereocenters. The van der Waals surface area contributed by atoms with Crippen molar-refractivity contribution in [1.82, 2.24) is 0 Å². The van der Waals surface area contributed by atoms with Crippen LogP contribution in [0.4, 0.5) is 15.8 Å². The summed E-state index contributed by atoms with van der Waals surface area (Å²) < 4.78 is 41.5. The molecule has 0 bridgehead atoms. The number of benzene rings is 3. The van der Waals surface area contributed by atoms with Gasteiger partial charge >= 0.3 is 0 Å². The molecule has 3 aromatic carbocycles. The first-order valence-corrected chi connectivity index (χ1v) is 10.1. The van der Waals surface area contributed by atoms with Crippen molar-refractivity contribution in [3.63, 3.8) is 0 Å². The van der Waals surface area contributed by atoms with Gasteiger partial charge in [-0.25, -0.2) is 12.8 Å². The molecule has 0 radical (unpaired) electrons. The second-order valence-electron chi connectivity index (χ2n) is 6.05. The Morgan fingerprint density at radius 3 is 2.46 bits per heavy atom. The third-order valence-electron chi connectivity index (χ3n) is 3.89. The van der Waals surface area contributed by atoms with E-state index in [0.717, 1.165) is 11.6 Å². The number of anilines is 2. The summed E-state index contributed by atoms with van der Waals surface area (Å²) in [5.41, 5.74) is 1.17. The van der Waals surface area contributed by atoms with Crippen LogP contribution in [0.5, 0.6) is 0 Å². The maximum atomic E-state index is 13.8. The predicted octanol–water partition coefficient (Wildman–Crippen LogP) is 4.84. The van der Waals surface area contributed by atoms with Gasteiger partial charge in [-0.1, -0.05) is 35.9 Å². The molecule has 0 aliphatic carbocycles. The molecular weight excluding hydrogens is 403 g/mol. The molecule has 144 valence electrons. The maximum absolute atomic E-state index is 13.8. The highest BCUT2D eigenvalue weighted by Crippen LogP contribution is 2.24. The van der Waals surface area contributed by atoms with Gasteiger partial charge in [0.2, 0.25) is 0 Å². The minimum atomic E-state index is -3.95. The molecule has 2 N–H and O–H groups in total. The molecule has 0 aromatic heterocycles. The molecule has 0 aliphatic rings. The zero-order valence-electron chi connectivity index (χ0n) is 14.7. The van der Waals surface area contributed by atoms with Gasteiger partial charge in [-0.05, 0) is 55.0 Å². The van der Waals surface area contributed by atoms with Crippen molar-refractivity contribution in [3.8, 4) is 0 Å². The fourth-order valence-corrected chi connectivity index (χ4v) is 3.80. The quantitative estimate of drug-likeness (QED) is 0.622. The van der Waals surface area contributed by atoms with Crippen molar-refractivity contribution in [2.75, 3.05) is 10.0 Å². The summed E-state index contributed by atoms with van der Waals surface area (Å²) in [6, 6.07) is 16.2. The molecule has 0 saturated carbocycles. The minimum Gasteiger partial charge on any atom is -0.319 e. The normalized spacial score (nSPS) is 11.1. The minimum absolute atomic E-state index is 0.0327. The molecule has 1 amide bonds. The Balaban J connectivity index is 1.90. The van der Waals surface area contributed by atoms with E-state index in [0.29, 0.717) is 5.69 Å². The molecule has 28 heavy (non-hydrogen) atoms. The van der Waals surface area contributed by atoms with E-state index >= 15 is 0 Å². The summed E-state index contributed by atoms with van der Waals surface area (Å²) in [5, 5.41) is 2.43. The van der Waals surface area contributed by atoms with E-state index < -0.39 is 21.7 Å². The number of hydrogen-bond donors (Lipinski definition) is 2. The molecule has 8 heteroatoms. The van der Waals surface area contributed by atoms with Gasteiger partial charge in [0.25, 0.3) is 15.9 Å². The van der Waals surface area contributed by atoms with Crippen molar-refractivity contribution in [2.45, 2.75) is 11.8 Å². The highest BCUT2D eigenvalue weighted by atomic mass is 35.5. The molecule has 3 aromatic rings. The average molecular weight is 419 g/mol. The van der Waals surface area contributed by atoms with Crippen LogP contribution in [-0.2, 0) is 10.0 Å². The molecule has 0 fully saturated rings. The topological polar surface area (TPSA) is 75.3 Å². The number of sulfonamides is 1. The molecule has 0 spiro atoms. The Labute approximate surface area is 167 Å². The number of aryl methyl sites for hydroxylation is 1. The van der Waals surface area contributed by atoms with Gasteiger partial charge in [0.05, 0.1) is 21.2 Å². The van der Waals surface area contributed by atoms with E-state index in [-0.39, 0.29) is 21.2 Å². The second kappa shape index (κ2) is 8.00. The number of carbonyl (C=O) groups is 1. The van der Waals surface area contributed by atoms with Crippen LogP contribution in [0.3, 0.4) is 0 Å². The van der Waals surface area contributed by atoms with Gasteiger partial charge in [-0.2, -0.15) is 0 Å². The molecule has 0 heterocycles. The van der Waals surface area contributed by atoms with Crippen molar-refractivity contribution < 1.29 is 17.6 Å². The summed E-state index contributed by atoms with van der Waals surface area (Å²) in [7, 11) is -3.95. The Kier molecular flexibility index (Phi) is 5.67. The van der Waals surface area contributed by atoms with Gasteiger partial charge in [-0.3, -0.25) is 9.52 Å². The first kappa shape index (κ1) is 19.9. The number of carbonyl (C=O) groups excluding carboxylic acids is 1. The molecule has 5 nitrogen and oxygen atoms in total. The van der Waals surface area contributed by atoms with Crippen LogP contribution in [0.1, 0.15) is 15.9 Å². The van der Waals surface area contributed by atoms with Crippen LogP contribution in [0.15, 0.2) is 71.6 Å². The average Bonchev–Trinajstić information content (AvgIpc) is 2.63. The van der Waals surface area contributed by atoms with Crippen LogP contribution in [0.2, 0.25) is 5.02 Å². The zero-order valence-corrected chi connectivity index (χ0v) is 16.3. The van der Waals surface area contributed by atoms with Crippen LogP contribution >= 0.6 is 11.6 Å². The van der Waals surface area contributed by atoms with Crippen LogP contribution in [0, 0.1) is 12.7 Å². The first-order chi connectivity index (χ1) is 13.3. The zero-order chi connectivity index (χ0) is 20.3. The Morgan fingerprint density at radius 1 is 1.00 bits per heavy atom. The summed E-state index contributed by atoms with van der Waals surface area (Å²) in [6.45, 7) is 1.84. The number of hydrogen-bond acceptors (Lipinski definition) is 3. The standard InChI is InChI=1S/C20H16ClFN2O3S/c1-13-5-4-6-14(11-13)24-28(26,27)15-9-10-17(21)16(12-15)20(25)23-19-8-3-2-7-18(19)22/h2-12,24H,1H3,(H,23,25).